The lowest BCUT2D eigenvalue weighted by molar-refractivity contribution is -0.274. The molecule has 0 bridgehead atoms. The third-order valence-corrected chi connectivity index (χ3v) is 5.59. The molecule has 0 N–H and O–H groups in total. The summed E-state index contributed by atoms with van der Waals surface area (Å²) in [7, 11) is 1.58. The maximum absolute atomic E-state index is 12.4. The molecule has 2 aliphatic rings. The van der Waals surface area contributed by atoms with Crippen molar-refractivity contribution in [2.75, 3.05) is 20.2 Å². The lowest BCUT2D eigenvalue weighted by Crippen LogP contribution is -2.70. The van der Waals surface area contributed by atoms with Crippen molar-refractivity contribution in [2.24, 2.45) is 5.92 Å². The largest absolute Gasteiger partial charge is 0.573 e. The second kappa shape index (κ2) is 8.29. The van der Waals surface area contributed by atoms with Crippen LogP contribution in [-0.4, -0.2) is 60.5 Å². The second-order valence-corrected chi connectivity index (χ2v) is 7.79. The Morgan fingerprint density at radius 1 is 1.21 bits per heavy atom. The number of alkyl halides is 3. The van der Waals surface area contributed by atoms with E-state index in [1.807, 2.05) is 18.7 Å². The van der Waals surface area contributed by atoms with E-state index < -0.39 is 6.36 Å². The van der Waals surface area contributed by atoms with E-state index >= 15 is 0 Å². The number of carbonyl (C=O) groups is 1. The molecule has 0 saturated carbocycles. The van der Waals surface area contributed by atoms with Crippen LogP contribution in [0, 0.1) is 5.92 Å². The number of hydrogen-bond acceptors (Lipinski definition) is 4. The summed E-state index contributed by atoms with van der Waals surface area (Å²) < 4.78 is 46.6. The summed E-state index contributed by atoms with van der Waals surface area (Å²) in [5, 5.41) is 0. The minimum absolute atomic E-state index is 0.0615. The van der Waals surface area contributed by atoms with Gasteiger partial charge in [0.1, 0.15) is 5.75 Å². The molecule has 1 aromatic rings. The molecular weight excluding hydrogens is 373 g/mol. The molecule has 2 atom stereocenters. The molecule has 0 aromatic heterocycles. The maximum Gasteiger partial charge on any atom is 0.573 e. The smallest absolute Gasteiger partial charge is 0.406 e. The Labute approximate surface area is 163 Å². The highest BCUT2D eigenvalue weighted by atomic mass is 19.4. The van der Waals surface area contributed by atoms with Crippen LogP contribution in [0.15, 0.2) is 24.3 Å². The maximum atomic E-state index is 12.4. The first-order valence-corrected chi connectivity index (χ1v) is 9.61. The van der Waals surface area contributed by atoms with Gasteiger partial charge in [-0.2, -0.15) is 0 Å². The highest BCUT2D eigenvalue weighted by molar-refractivity contribution is 5.88. The van der Waals surface area contributed by atoms with E-state index in [0.29, 0.717) is 12.5 Å². The van der Waals surface area contributed by atoms with Gasteiger partial charge in [-0.3, -0.25) is 9.69 Å². The van der Waals surface area contributed by atoms with Crippen molar-refractivity contribution >= 4 is 5.91 Å². The van der Waals surface area contributed by atoms with Crippen molar-refractivity contribution in [3.8, 4) is 5.75 Å². The van der Waals surface area contributed by atoms with Crippen molar-refractivity contribution < 1.29 is 27.4 Å². The van der Waals surface area contributed by atoms with Gasteiger partial charge >= 0.3 is 6.36 Å². The Morgan fingerprint density at radius 3 is 2.46 bits per heavy atom. The normalized spacial score (nSPS) is 24.5. The highest BCUT2D eigenvalue weighted by Gasteiger charge is 2.52. The molecule has 2 saturated heterocycles. The summed E-state index contributed by atoms with van der Waals surface area (Å²) in [6.07, 6.45) is -3.17. The SMILES string of the molecule is CO[C@H]1C(=O)N(C(C)C)[C@H]1C1CCN(Cc2cccc(OC(F)(F)F)c2)CC1. The van der Waals surface area contributed by atoms with Crippen LogP contribution in [0.5, 0.6) is 5.75 Å². The van der Waals surface area contributed by atoms with Gasteiger partial charge in [0.05, 0.1) is 6.04 Å². The molecule has 0 unspecified atom stereocenters. The second-order valence-electron chi connectivity index (χ2n) is 7.79. The average Bonchev–Trinajstić information content (AvgIpc) is 2.59. The predicted molar refractivity (Wildman–Crippen MR) is 97.7 cm³/mol. The van der Waals surface area contributed by atoms with Gasteiger partial charge in [0.25, 0.3) is 5.91 Å². The lowest BCUT2D eigenvalue weighted by Gasteiger charge is -2.53. The van der Waals surface area contributed by atoms with Crippen LogP contribution in [0.2, 0.25) is 0 Å². The van der Waals surface area contributed by atoms with Crippen molar-refractivity contribution in [3.05, 3.63) is 29.8 Å². The number of β-lactam (4-membered cyclic amide) rings is 1. The summed E-state index contributed by atoms with van der Waals surface area (Å²) >= 11 is 0. The van der Waals surface area contributed by atoms with E-state index in [-0.39, 0.29) is 29.8 Å². The van der Waals surface area contributed by atoms with Crippen LogP contribution in [0.25, 0.3) is 0 Å². The van der Waals surface area contributed by atoms with Crippen LogP contribution >= 0.6 is 0 Å². The van der Waals surface area contributed by atoms with E-state index in [2.05, 4.69) is 9.64 Å². The first kappa shape index (κ1) is 20.9. The fourth-order valence-corrected chi connectivity index (χ4v) is 4.37. The van der Waals surface area contributed by atoms with Crippen LogP contribution in [0.4, 0.5) is 13.2 Å². The molecule has 28 heavy (non-hydrogen) atoms. The number of nitrogens with zero attached hydrogens (tertiary/aromatic N) is 2. The Bertz CT molecular complexity index is 688. The minimum Gasteiger partial charge on any atom is -0.406 e. The van der Waals surface area contributed by atoms with E-state index in [1.165, 1.54) is 12.1 Å². The molecule has 3 rings (SSSR count). The predicted octanol–water partition coefficient (Wildman–Crippen LogP) is 3.43. The Hall–Kier alpha value is -1.80. The van der Waals surface area contributed by atoms with Crippen LogP contribution in [0.3, 0.4) is 0 Å². The van der Waals surface area contributed by atoms with Crippen LogP contribution < -0.4 is 4.74 Å². The van der Waals surface area contributed by atoms with Crippen molar-refractivity contribution in [1.29, 1.82) is 0 Å². The quantitative estimate of drug-likeness (QED) is 0.686. The first-order valence-electron chi connectivity index (χ1n) is 9.61. The van der Waals surface area contributed by atoms with Gasteiger partial charge in [-0.1, -0.05) is 12.1 Å². The monoisotopic (exact) mass is 400 g/mol. The van der Waals surface area contributed by atoms with Gasteiger partial charge in [0, 0.05) is 19.7 Å². The molecule has 1 aromatic carbocycles. The number of rotatable bonds is 6. The average molecular weight is 400 g/mol. The summed E-state index contributed by atoms with van der Waals surface area (Å²) in [6, 6.07) is 6.39. The summed E-state index contributed by atoms with van der Waals surface area (Å²) in [4.78, 5) is 16.4. The fourth-order valence-electron chi connectivity index (χ4n) is 4.37. The molecule has 0 aliphatic carbocycles. The molecular formula is C20H27F3N2O3. The third-order valence-electron chi connectivity index (χ3n) is 5.59. The standard InChI is InChI=1S/C20H27F3N2O3/c1-13(2)25-17(18(27-3)19(25)26)15-7-9-24(10-8-15)12-14-5-4-6-16(11-14)28-20(21,22)23/h4-6,11,13,15,17-18H,7-10,12H2,1-3H3/t17-,18+/m0/s1. The fraction of sp³-hybridized carbons (Fsp3) is 0.650. The Kier molecular flexibility index (Phi) is 6.19. The van der Waals surface area contributed by atoms with E-state index in [9.17, 15) is 18.0 Å². The van der Waals surface area contributed by atoms with Gasteiger partial charge < -0.3 is 14.4 Å². The summed E-state index contributed by atoms with van der Waals surface area (Å²) in [5.74, 6) is 0.246. The molecule has 2 heterocycles. The van der Waals surface area contributed by atoms with Gasteiger partial charge in [-0.25, -0.2) is 0 Å². The van der Waals surface area contributed by atoms with Gasteiger partial charge in [0.2, 0.25) is 0 Å². The zero-order chi connectivity index (χ0) is 20.5. The Morgan fingerprint density at radius 2 is 1.89 bits per heavy atom. The van der Waals surface area contributed by atoms with Gasteiger partial charge in [0.15, 0.2) is 6.10 Å². The summed E-state index contributed by atoms with van der Waals surface area (Å²) in [5.41, 5.74) is 0.789. The zero-order valence-corrected chi connectivity index (χ0v) is 16.4. The number of ether oxygens (including phenoxy) is 2. The highest BCUT2D eigenvalue weighted by Crippen LogP contribution is 2.36. The minimum atomic E-state index is -4.68. The molecule has 2 aliphatic heterocycles. The molecule has 156 valence electrons. The Balaban J connectivity index is 1.56. The summed E-state index contributed by atoms with van der Waals surface area (Å²) in [6.45, 7) is 6.28. The van der Waals surface area contributed by atoms with Crippen molar-refractivity contribution in [1.82, 2.24) is 9.80 Å². The van der Waals surface area contributed by atoms with Gasteiger partial charge in [-0.05, 0) is 63.4 Å². The molecule has 1 amide bonds. The number of likely N-dealkylation sites (tertiary alicyclic amines) is 2. The molecule has 5 nitrogen and oxygen atoms in total. The van der Waals surface area contributed by atoms with Crippen molar-refractivity contribution in [3.63, 3.8) is 0 Å². The lowest BCUT2D eigenvalue weighted by atomic mass is 9.79. The number of piperidine rings is 1. The van der Waals surface area contributed by atoms with E-state index in [1.54, 1.807) is 19.2 Å². The number of methoxy groups -OCH3 is 1. The first-order chi connectivity index (χ1) is 13.2. The molecule has 0 radical (unpaired) electrons. The van der Waals surface area contributed by atoms with Gasteiger partial charge in [-0.15, -0.1) is 13.2 Å². The molecule has 0 spiro atoms. The van der Waals surface area contributed by atoms with Crippen molar-refractivity contribution in [2.45, 2.75) is 57.8 Å². The molecule has 8 heteroatoms. The van der Waals surface area contributed by atoms with E-state index in [0.717, 1.165) is 31.5 Å². The number of hydrogen-bond donors (Lipinski definition) is 0. The molecule has 2 fully saturated rings. The zero-order valence-electron chi connectivity index (χ0n) is 16.4. The number of benzene rings is 1. The number of carbonyl (C=O) groups excluding carboxylic acids is 1. The van der Waals surface area contributed by atoms with E-state index in [4.69, 9.17) is 4.74 Å². The van der Waals surface area contributed by atoms with Crippen LogP contribution in [-0.2, 0) is 16.1 Å². The topological polar surface area (TPSA) is 42.0 Å². The third kappa shape index (κ3) is 4.60. The van der Waals surface area contributed by atoms with Crippen LogP contribution in [0.1, 0.15) is 32.3 Å². The number of halogens is 3. The number of amides is 1.